The summed E-state index contributed by atoms with van der Waals surface area (Å²) in [5, 5.41) is 0. The maximum absolute atomic E-state index is 11.9. The Morgan fingerprint density at radius 2 is 0.591 bits per heavy atom. The van der Waals surface area contributed by atoms with E-state index in [1.54, 1.807) is 0 Å². The van der Waals surface area contributed by atoms with Gasteiger partial charge in [-0.25, -0.2) is 0 Å². The molecule has 4 heteroatoms. The number of hydrogen-bond acceptors (Lipinski definition) is 4. The topological polar surface area (TPSA) is 52.6 Å². The van der Waals surface area contributed by atoms with Gasteiger partial charge >= 0.3 is 11.9 Å². The summed E-state index contributed by atoms with van der Waals surface area (Å²) >= 11 is 0. The van der Waals surface area contributed by atoms with Crippen molar-refractivity contribution in [1.82, 2.24) is 0 Å². The molecule has 0 saturated heterocycles. The van der Waals surface area contributed by atoms with E-state index in [9.17, 15) is 9.59 Å². The normalized spacial score (nSPS) is 11.4. The van der Waals surface area contributed by atoms with Crippen LogP contribution in [0.3, 0.4) is 0 Å². The van der Waals surface area contributed by atoms with E-state index in [4.69, 9.17) is 9.47 Å². The van der Waals surface area contributed by atoms with Crippen LogP contribution in [0.15, 0.2) is 12.2 Å². The first kappa shape index (κ1) is 42.7. The van der Waals surface area contributed by atoms with Crippen LogP contribution >= 0.6 is 0 Å². The minimum atomic E-state index is -0.114. The number of esters is 2. The first-order valence-electron chi connectivity index (χ1n) is 19.7. The summed E-state index contributed by atoms with van der Waals surface area (Å²) < 4.78 is 10.7. The summed E-state index contributed by atoms with van der Waals surface area (Å²) in [5.74, 6) is -0.228. The number of rotatable bonds is 36. The quantitative estimate of drug-likeness (QED) is 0.0397. The molecule has 0 aliphatic carbocycles. The molecule has 44 heavy (non-hydrogen) atoms. The van der Waals surface area contributed by atoms with Crippen LogP contribution in [0.25, 0.3) is 0 Å². The number of hydrogen-bond donors (Lipinski definition) is 0. The van der Waals surface area contributed by atoms with E-state index >= 15 is 0 Å². The minimum Gasteiger partial charge on any atom is -0.466 e. The van der Waals surface area contributed by atoms with Crippen LogP contribution in [0.2, 0.25) is 0 Å². The molecule has 0 saturated carbocycles. The van der Waals surface area contributed by atoms with E-state index in [2.05, 4.69) is 13.8 Å². The van der Waals surface area contributed by atoms with Gasteiger partial charge in [0.15, 0.2) is 0 Å². The highest BCUT2D eigenvalue weighted by molar-refractivity contribution is 5.70. The molecule has 0 amide bonds. The second-order valence-electron chi connectivity index (χ2n) is 13.2. The molecule has 0 heterocycles. The smallest absolute Gasteiger partial charge is 0.306 e. The molecule has 0 aromatic heterocycles. The molecule has 4 nitrogen and oxygen atoms in total. The highest BCUT2D eigenvalue weighted by Gasteiger charge is 2.03. The van der Waals surface area contributed by atoms with Gasteiger partial charge in [0.2, 0.25) is 0 Å². The molecule has 0 fully saturated rings. The second kappa shape index (κ2) is 37.9. The number of ether oxygens (including phenoxy) is 2. The van der Waals surface area contributed by atoms with Crippen LogP contribution in [0.5, 0.6) is 0 Å². The zero-order chi connectivity index (χ0) is 32.0. The monoisotopic (exact) mass is 621 g/mol. The van der Waals surface area contributed by atoms with Gasteiger partial charge in [-0.2, -0.15) is 0 Å². The van der Waals surface area contributed by atoms with Crippen LogP contribution in [-0.2, 0) is 19.1 Å². The number of allylic oxidation sites excluding steroid dienone is 2. The number of carbonyl (C=O) groups excluding carboxylic acids is 2. The highest BCUT2D eigenvalue weighted by Crippen LogP contribution is 2.14. The van der Waals surface area contributed by atoms with E-state index < -0.39 is 0 Å². The Labute approximate surface area is 275 Å². The molecule has 0 atom stereocenters. The molecule has 0 bridgehead atoms. The summed E-state index contributed by atoms with van der Waals surface area (Å²) in [6, 6.07) is 0. The van der Waals surface area contributed by atoms with Gasteiger partial charge < -0.3 is 9.47 Å². The molecule has 0 rings (SSSR count). The lowest BCUT2D eigenvalue weighted by atomic mass is 10.0. The Balaban J connectivity index is 3.31. The zero-order valence-corrected chi connectivity index (χ0v) is 29.8. The molecule has 0 unspecified atom stereocenters. The van der Waals surface area contributed by atoms with Crippen LogP contribution in [-0.4, -0.2) is 25.2 Å². The summed E-state index contributed by atoms with van der Waals surface area (Å²) in [6.07, 6.45) is 43.4. The average Bonchev–Trinajstić information content (AvgIpc) is 3.02. The number of unbranched alkanes of at least 4 members (excludes halogenated alkanes) is 26. The molecule has 260 valence electrons. The Hall–Kier alpha value is -1.32. The Morgan fingerprint density at radius 1 is 0.364 bits per heavy atom. The standard InChI is InChI=1S/C40H76O4/c1-3-5-7-9-11-13-15-17-19-21-23-25-29-33-37-43-39(41)35-31-27-28-32-36-40(42)44-38-34-30-26-24-22-20-18-16-14-12-10-8-6-4-2/h27-28H,3-26,29-38H2,1-2H3. The van der Waals surface area contributed by atoms with E-state index in [0.29, 0.717) is 38.9 Å². The fraction of sp³-hybridized carbons (Fsp3) is 0.900. The van der Waals surface area contributed by atoms with E-state index in [0.717, 1.165) is 25.7 Å². The van der Waals surface area contributed by atoms with Crippen LogP contribution in [0.1, 0.15) is 219 Å². The molecular weight excluding hydrogens is 544 g/mol. The van der Waals surface area contributed by atoms with Crippen molar-refractivity contribution in [1.29, 1.82) is 0 Å². The van der Waals surface area contributed by atoms with Crippen molar-refractivity contribution >= 4 is 11.9 Å². The van der Waals surface area contributed by atoms with Crippen molar-refractivity contribution in [2.75, 3.05) is 13.2 Å². The van der Waals surface area contributed by atoms with Gasteiger partial charge in [-0.05, 0) is 25.7 Å². The van der Waals surface area contributed by atoms with Gasteiger partial charge in [0.25, 0.3) is 0 Å². The predicted octanol–water partition coefficient (Wildman–Crippen LogP) is 13.2. The highest BCUT2D eigenvalue weighted by atomic mass is 16.5. The fourth-order valence-corrected chi connectivity index (χ4v) is 5.75. The molecular formula is C40H76O4. The lowest BCUT2D eigenvalue weighted by Gasteiger charge is -2.05. The second-order valence-corrected chi connectivity index (χ2v) is 13.2. The Morgan fingerprint density at radius 3 is 0.841 bits per heavy atom. The maximum atomic E-state index is 11.9. The third-order valence-corrected chi connectivity index (χ3v) is 8.72. The summed E-state index contributed by atoms with van der Waals surface area (Å²) in [4.78, 5) is 23.8. The van der Waals surface area contributed by atoms with E-state index in [-0.39, 0.29) is 11.9 Å². The van der Waals surface area contributed by atoms with Crippen molar-refractivity contribution in [2.45, 2.75) is 219 Å². The van der Waals surface area contributed by atoms with Gasteiger partial charge in [0.1, 0.15) is 0 Å². The summed E-state index contributed by atoms with van der Waals surface area (Å²) in [7, 11) is 0. The SMILES string of the molecule is CCCCCCCCCCCCCCCCOC(=O)CCC=CCCC(=O)OCCCCCCCCCCCCCCCC. The molecule has 0 spiro atoms. The molecule has 0 N–H and O–H groups in total. The third-order valence-electron chi connectivity index (χ3n) is 8.72. The van der Waals surface area contributed by atoms with E-state index in [1.165, 1.54) is 154 Å². The van der Waals surface area contributed by atoms with Crippen molar-refractivity contribution in [3.8, 4) is 0 Å². The molecule has 0 aromatic carbocycles. The van der Waals surface area contributed by atoms with Crippen molar-refractivity contribution in [3.63, 3.8) is 0 Å². The summed E-state index contributed by atoms with van der Waals surface area (Å²) in [5.41, 5.74) is 0. The van der Waals surface area contributed by atoms with E-state index in [1.807, 2.05) is 12.2 Å². The molecule has 0 aliphatic rings. The average molecular weight is 621 g/mol. The lowest BCUT2D eigenvalue weighted by Crippen LogP contribution is -2.05. The van der Waals surface area contributed by atoms with Crippen LogP contribution in [0.4, 0.5) is 0 Å². The van der Waals surface area contributed by atoms with Crippen LogP contribution < -0.4 is 0 Å². The Bertz CT molecular complexity index is 562. The lowest BCUT2D eigenvalue weighted by molar-refractivity contribution is -0.144. The van der Waals surface area contributed by atoms with Gasteiger partial charge in [-0.1, -0.05) is 193 Å². The maximum Gasteiger partial charge on any atom is 0.306 e. The van der Waals surface area contributed by atoms with Crippen molar-refractivity contribution in [3.05, 3.63) is 12.2 Å². The summed E-state index contributed by atoms with van der Waals surface area (Å²) in [6.45, 7) is 5.65. The fourth-order valence-electron chi connectivity index (χ4n) is 5.75. The Kier molecular flexibility index (Phi) is 36.7. The largest absolute Gasteiger partial charge is 0.466 e. The molecule has 0 radical (unpaired) electrons. The first-order valence-corrected chi connectivity index (χ1v) is 19.7. The molecule has 0 aromatic rings. The zero-order valence-electron chi connectivity index (χ0n) is 29.8. The van der Waals surface area contributed by atoms with Gasteiger partial charge in [-0.15, -0.1) is 0 Å². The first-order chi connectivity index (χ1) is 21.7. The predicted molar refractivity (Wildman–Crippen MR) is 190 cm³/mol. The van der Waals surface area contributed by atoms with Crippen molar-refractivity contribution in [2.24, 2.45) is 0 Å². The minimum absolute atomic E-state index is 0.114. The van der Waals surface area contributed by atoms with Gasteiger partial charge in [-0.3, -0.25) is 9.59 Å². The van der Waals surface area contributed by atoms with Gasteiger partial charge in [0, 0.05) is 12.8 Å². The van der Waals surface area contributed by atoms with Crippen LogP contribution in [0, 0.1) is 0 Å². The van der Waals surface area contributed by atoms with Crippen molar-refractivity contribution < 1.29 is 19.1 Å². The third kappa shape index (κ3) is 36.9. The number of carbonyl (C=O) groups is 2. The van der Waals surface area contributed by atoms with Gasteiger partial charge in [0.05, 0.1) is 13.2 Å². The molecule has 0 aliphatic heterocycles.